The van der Waals surface area contributed by atoms with Crippen molar-refractivity contribution in [2.24, 2.45) is 0 Å². The van der Waals surface area contributed by atoms with Crippen LogP contribution in [0.4, 0.5) is 5.69 Å². The average molecular weight is 272 g/mol. The van der Waals surface area contributed by atoms with E-state index < -0.39 is 0 Å². The predicted octanol–water partition coefficient (Wildman–Crippen LogP) is 3.17. The Morgan fingerprint density at radius 2 is 2.16 bits per heavy atom. The molecule has 0 atom stereocenters. The number of nitrogens with one attached hydrogen (secondary N) is 1. The molecular weight excluding hydrogens is 262 g/mol. The van der Waals surface area contributed by atoms with E-state index in [2.05, 4.69) is 10.3 Å². The minimum absolute atomic E-state index is 0.289. The fraction of sp³-hybridized carbons (Fsp3) is 0.0714. The van der Waals surface area contributed by atoms with Gasteiger partial charge in [-0.05, 0) is 36.8 Å². The van der Waals surface area contributed by atoms with Crippen molar-refractivity contribution in [3.05, 3.63) is 58.4 Å². The third-order valence-corrected chi connectivity index (χ3v) is 2.80. The summed E-state index contributed by atoms with van der Waals surface area (Å²) in [4.78, 5) is 16.0. The minimum atomic E-state index is -0.289. The lowest BCUT2D eigenvalue weighted by Crippen LogP contribution is -2.12. The van der Waals surface area contributed by atoms with E-state index in [-0.39, 0.29) is 5.91 Å². The van der Waals surface area contributed by atoms with Gasteiger partial charge in [0.15, 0.2) is 0 Å². The number of hydrogen-bond acceptors (Lipinski definition) is 3. The topological polar surface area (TPSA) is 65.8 Å². The molecule has 0 spiro atoms. The molecule has 1 N–H and O–H groups in total. The number of benzene rings is 1. The lowest BCUT2D eigenvalue weighted by molar-refractivity contribution is 0.102. The summed E-state index contributed by atoms with van der Waals surface area (Å²) in [6, 6.07) is 8.41. The first-order valence-electron chi connectivity index (χ1n) is 5.53. The maximum absolute atomic E-state index is 12.0. The molecule has 0 saturated carbocycles. The molecule has 0 radical (unpaired) electrons. The first-order chi connectivity index (χ1) is 9.10. The van der Waals surface area contributed by atoms with Gasteiger partial charge in [0.2, 0.25) is 0 Å². The molecule has 0 saturated heterocycles. The van der Waals surface area contributed by atoms with Gasteiger partial charge in [-0.15, -0.1) is 0 Å². The van der Waals surface area contributed by atoms with Crippen LogP contribution in [-0.4, -0.2) is 10.9 Å². The van der Waals surface area contributed by atoms with Gasteiger partial charge in [-0.1, -0.05) is 11.6 Å². The lowest BCUT2D eigenvalue weighted by Gasteiger charge is -2.07. The quantitative estimate of drug-likeness (QED) is 0.912. The molecule has 4 nitrogen and oxygen atoms in total. The predicted molar refractivity (Wildman–Crippen MR) is 73.1 cm³/mol. The summed E-state index contributed by atoms with van der Waals surface area (Å²) < 4.78 is 0. The van der Waals surface area contributed by atoms with E-state index in [1.165, 1.54) is 12.3 Å². The zero-order chi connectivity index (χ0) is 13.8. The molecule has 0 aliphatic rings. The van der Waals surface area contributed by atoms with Crippen molar-refractivity contribution >= 4 is 23.2 Å². The molecule has 5 heteroatoms. The van der Waals surface area contributed by atoms with Crippen molar-refractivity contribution in [2.45, 2.75) is 6.92 Å². The number of rotatable bonds is 2. The molecular formula is C14H10ClN3O. The summed E-state index contributed by atoms with van der Waals surface area (Å²) >= 11 is 5.99. The van der Waals surface area contributed by atoms with Crippen LogP contribution in [-0.2, 0) is 0 Å². The number of nitriles is 1. The molecule has 0 unspecified atom stereocenters. The smallest absolute Gasteiger partial charge is 0.257 e. The third-order valence-electron chi connectivity index (χ3n) is 2.48. The summed E-state index contributed by atoms with van der Waals surface area (Å²) in [6.07, 6.45) is 3.16. The first-order valence-corrected chi connectivity index (χ1v) is 5.90. The summed E-state index contributed by atoms with van der Waals surface area (Å²) in [5, 5.41) is 11.8. The number of carbonyl (C=O) groups excluding carboxylic acids is 1. The Bertz CT molecular complexity index is 677. The van der Waals surface area contributed by atoms with Crippen molar-refractivity contribution in [3.8, 4) is 6.07 Å². The van der Waals surface area contributed by atoms with Gasteiger partial charge < -0.3 is 5.32 Å². The molecule has 0 bridgehead atoms. The molecule has 0 fully saturated rings. The summed E-state index contributed by atoms with van der Waals surface area (Å²) in [5.74, 6) is -0.289. The van der Waals surface area contributed by atoms with Crippen molar-refractivity contribution in [3.63, 3.8) is 0 Å². The van der Waals surface area contributed by atoms with Gasteiger partial charge >= 0.3 is 0 Å². The summed E-state index contributed by atoms with van der Waals surface area (Å²) in [7, 11) is 0. The van der Waals surface area contributed by atoms with E-state index in [1.54, 1.807) is 24.4 Å². The second-order valence-electron chi connectivity index (χ2n) is 4.01. The molecule has 2 rings (SSSR count). The SMILES string of the molecule is Cc1cncc(C(=O)Nc2ccc(C#N)cc2Cl)c1. The van der Waals surface area contributed by atoms with E-state index in [1.807, 2.05) is 13.0 Å². The Morgan fingerprint density at radius 1 is 1.37 bits per heavy atom. The first kappa shape index (κ1) is 13.1. The number of amides is 1. The van der Waals surface area contributed by atoms with E-state index in [0.29, 0.717) is 21.8 Å². The van der Waals surface area contributed by atoms with Gasteiger partial charge in [0.25, 0.3) is 5.91 Å². The van der Waals surface area contributed by atoms with Crippen LogP contribution < -0.4 is 5.32 Å². The van der Waals surface area contributed by atoms with Crippen LogP contribution in [0.3, 0.4) is 0 Å². The standard InChI is InChI=1S/C14H10ClN3O/c1-9-4-11(8-17-7-9)14(19)18-13-3-2-10(6-16)5-12(13)15/h2-5,7-8H,1H3,(H,18,19). The molecule has 94 valence electrons. The highest BCUT2D eigenvalue weighted by Crippen LogP contribution is 2.23. The van der Waals surface area contributed by atoms with E-state index in [9.17, 15) is 4.79 Å². The molecule has 0 aliphatic carbocycles. The van der Waals surface area contributed by atoms with Crippen LogP contribution in [0.1, 0.15) is 21.5 Å². The fourth-order valence-corrected chi connectivity index (χ4v) is 1.79. The Labute approximate surface area is 115 Å². The van der Waals surface area contributed by atoms with Crippen LogP contribution in [0, 0.1) is 18.3 Å². The van der Waals surface area contributed by atoms with E-state index in [0.717, 1.165) is 5.56 Å². The summed E-state index contributed by atoms with van der Waals surface area (Å²) in [5.41, 5.74) is 2.27. The maximum atomic E-state index is 12.0. The molecule has 1 amide bonds. The van der Waals surface area contributed by atoms with Crippen LogP contribution in [0.2, 0.25) is 5.02 Å². The van der Waals surface area contributed by atoms with Gasteiger partial charge in [-0.3, -0.25) is 9.78 Å². The second kappa shape index (κ2) is 5.51. The third kappa shape index (κ3) is 3.09. The Morgan fingerprint density at radius 3 is 2.79 bits per heavy atom. The summed E-state index contributed by atoms with van der Waals surface area (Å²) in [6.45, 7) is 1.86. The number of aromatic nitrogens is 1. The van der Waals surface area contributed by atoms with Crippen molar-refractivity contribution in [1.29, 1.82) is 5.26 Å². The largest absolute Gasteiger partial charge is 0.321 e. The van der Waals surface area contributed by atoms with Crippen LogP contribution >= 0.6 is 11.6 Å². The number of anilines is 1. The van der Waals surface area contributed by atoms with E-state index in [4.69, 9.17) is 16.9 Å². The Kier molecular flexibility index (Phi) is 3.79. The zero-order valence-corrected chi connectivity index (χ0v) is 10.9. The molecule has 1 heterocycles. The molecule has 1 aromatic carbocycles. The highest BCUT2D eigenvalue weighted by Gasteiger charge is 2.09. The van der Waals surface area contributed by atoms with E-state index >= 15 is 0 Å². The van der Waals surface area contributed by atoms with Gasteiger partial charge in [0.05, 0.1) is 27.9 Å². The lowest BCUT2D eigenvalue weighted by atomic mass is 10.2. The fourth-order valence-electron chi connectivity index (χ4n) is 1.56. The Hall–Kier alpha value is -2.38. The Balaban J connectivity index is 2.22. The number of halogens is 1. The van der Waals surface area contributed by atoms with Gasteiger partial charge in [0.1, 0.15) is 0 Å². The van der Waals surface area contributed by atoms with Crippen molar-refractivity contribution in [1.82, 2.24) is 4.98 Å². The maximum Gasteiger partial charge on any atom is 0.257 e. The van der Waals surface area contributed by atoms with Gasteiger partial charge in [-0.2, -0.15) is 5.26 Å². The minimum Gasteiger partial charge on any atom is -0.321 e. The van der Waals surface area contributed by atoms with Crippen molar-refractivity contribution < 1.29 is 4.79 Å². The average Bonchev–Trinajstić information content (AvgIpc) is 2.41. The monoisotopic (exact) mass is 271 g/mol. The highest BCUT2D eigenvalue weighted by atomic mass is 35.5. The van der Waals surface area contributed by atoms with Gasteiger partial charge in [-0.25, -0.2) is 0 Å². The van der Waals surface area contributed by atoms with Crippen LogP contribution in [0.25, 0.3) is 0 Å². The molecule has 19 heavy (non-hydrogen) atoms. The molecule has 0 aliphatic heterocycles. The zero-order valence-electron chi connectivity index (χ0n) is 10.1. The second-order valence-corrected chi connectivity index (χ2v) is 4.42. The normalized spacial score (nSPS) is 9.74. The number of aryl methyl sites for hydroxylation is 1. The van der Waals surface area contributed by atoms with Crippen molar-refractivity contribution in [2.75, 3.05) is 5.32 Å². The molecule has 1 aromatic heterocycles. The van der Waals surface area contributed by atoms with Crippen LogP contribution in [0.5, 0.6) is 0 Å². The number of nitrogens with zero attached hydrogens (tertiary/aromatic N) is 2. The van der Waals surface area contributed by atoms with Crippen LogP contribution in [0.15, 0.2) is 36.7 Å². The molecule has 2 aromatic rings. The number of carbonyl (C=O) groups is 1. The number of hydrogen-bond donors (Lipinski definition) is 1. The number of pyridine rings is 1. The van der Waals surface area contributed by atoms with Gasteiger partial charge in [0, 0.05) is 12.4 Å². The highest BCUT2D eigenvalue weighted by molar-refractivity contribution is 6.34.